The number of aliphatic imine (C=N–C) groups is 1. The Morgan fingerprint density at radius 2 is 1.87 bits per heavy atom. The Bertz CT molecular complexity index is 798. The highest BCUT2D eigenvalue weighted by molar-refractivity contribution is 14.0. The van der Waals surface area contributed by atoms with Gasteiger partial charge in [-0.05, 0) is 31.8 Å². The molecule has 2 heterocycles. The van der Waals surface area contributed by atoms with E-state index >= 15 is 0 Å². The summed E-state index contributed by atoms with van der Waals surface area (Å²) in [5, 5.41) is 8.66. The molecule has 1 aliphatic heterocycles. The average molecular weight is 546 g/mol. The number of halogens is 2. The van der Waals surface area contributed by atoms with Gasteiger partial charge >= 0.3 is 0 Å². The van der Waals surface area contributed by atoms with Gasteiger partial charge in [0.2, 0.25) is 0 Å². The van der Waals surface area contributed by atoms with Gasteiger partial charge in [-0.15, -0.1) is 24.0 Å². The quantitative estimate of drug-likeness (QED) is 0.344. The monoisotopic (exact) mass is 545 g/mol. The van der Waals surface area contributed by atoms with Crippen molar-refractivity contribution in [2.24, 2.45) is 12.0 Å². The van der Waals surface area contributed by atoms with Crippen LogP contribution >= 0.6 is 35.6 Å². The molecule has 0 saturated carbocycles. The molecule has 1 N–H and O–H groups in total. The number of rotatable bonds is 6. The topological polar surface area (TPSA) is 51.9 Å². The lowest BCUT2D eigenvalue weighted by Crippen LogP contribution is -2.53. The van der Waals surface area contributed by atoms with Crippen molar-refractivity contribution >= 4 is 41.5 Å². The summed E-state index contributed by atoms with van der Waals surface area (Å²) in [5.74, 6) is 0.965. The van der Waals surface area contributed by atoms with E-state index in [1.54, 1.807) is 0 Å². The summed E-state index contributed by atoms with van der Waals surface area (Å²) in [6.07, 6.45) is 4.01. The standard InChI is InChI=1S/C21H32ClN7.HI/c1-23-21(24-14-20(26(2)3)18-13-25-27(4)16-18)29-11-9-28(10-12-29)15-17-5-7-19(22)8-6-17;/h5-8,13,16,20H,9-12,14-15H2,1-4H3,(H,23,24);1H. The lowest BCUT2D eigenvalue weighted by atomic mass is 10.1. The number of aryl methyl sites for hydroxylation is 1. The van der Waals surface area contributed by atoms with Gasteiger partial charge in [-0.2, -0.15) is 5.10 Å². The Hall–Kier alpha value is -1.36. The van der Waals surface area contributed by atoms with E-state index in [2.05, 4.69) is 62.5 Å². The summed E-state index contributed by atoms with van der Waals surface area (Å²) in [5.41, 5.74) is 2.50. The van der Waals surface area contributed by atoms with Gasteiger partial charge < -0.3 is 15.1 Å². The van der Waals surface area contributed by atoms with E-state index in [4.69, 9.17) is 11.6 Å². The van der Waals surface area contributed by atoms with Crippen molar-refractivity contribution in [1.82, 2.24) is 29.8 Å². The zero-order chi connectivity index (χ0) is 20.8. The van der Waals surface area contributed by atoms with Crippen molar-refractivity contribution in [2.75, 3.05) is 53.9 Å². The molecule has 30 heavy (non-hydrogen) atoms. The second-order valence-electron chi connectivity index (χ2n) is 7.74. The fourth-order valence-electron chi connectivity index (χ4n) is 3.70. The largest absolute Gasteiger partial charge is 0.354 e. The van der Waals surface area contributed by atoms with Gasteiger partial charge in [0.15, 0.2) is 5.96 Å². The molecule has 0 aliphatic carbocycles. The molecule has 1 atom stereocenters. The van der Waals surface area contributed by atoms with Gasteiger partial charge in [0.1, 0.15) is 0 Å². The van der Waals surface area contributed by atoms with Crippen molar-refractivity contribution in [3.63, 3.8) is 0 Å². The lowest BCUT2D eigenvalue weighted by Gasteiger charge is -2.37. The van der Waals surface area contributed by atoms with E-state index in [1.807, 2.05) is 37.1 Å². The molecule has 1 aromatic carbocycles. The Kier molecular flexibility index (Phi) is 9.86. The molecular formula is C21H33ClIN7. The summed E-state index contributed by atoms with van der Waals surface area (Å²) in [7, 11) is 8.00. The zero-order valence-electron chi connectivity index (χ0n) is 18.3. The van der Waals surface area contributed by atoms with Crippen LogP contribution in [0.3, 0.4) is 0 Å². The average Bonchev–Trinajstić information content (AvgIpc) is 3.13. The maximum atomic E-state index is 5.99. The fraction of sp³-hybridized carbons (Fsp3) is 0.524. The Balaban J connectivity index is 0.00000320. The third-order valence-electron chi connectivity index (χ3n) is 5.39. The van der Waals surface area contributed by atoms with Gasteiger partial charge in [-0.25, -0.2) is 0 Å². The Labute approximate surface area is 202 Å². The van der Waals surface area contributed by atoms with E-state index in [9.17, 15) is 0 Å². The number of hydrogen-bond donors (Lipinski definition) is 1. The molecule has 0 spiro atoms. The van der Waals surface area contributed by atoms with Crippen LogP contribution in [0.4, 0.5) is 0 Å². The zero-order valence-corrected chi connectivity index (χ0v) is 21.3. The normalized spacial score (nSPS) is 16.5. The highest BCUT2D eigenvalue weighted by Gasteiger charge is 2.22. The smallest absolute Gasteiger partial charge is 0.193 e. The second-order valence-corrected chi connectivity index (χ2v) is 8.18. The number of piperazine rings is 1. The first kappa shape index (κ1) is 24.9. The van der Waals surface area contributed by atoms with Crippen molar-refractivity contribution in [3.05, 3.63) is 52.8 Å². The van der Waals surface area contributed by atoms with E-state index < -0.39 is 0 Å². The summed E-state index contributed by atoms with van der Waals surface area (Å²) < 4.78 is 1.85. The van der Waals surface area contributed by atoms with Crippen LogP contribution in [0.2, 0.25) is 5.02 Å². The number of guanidine groups is 1. The van der Waals surface area contributed by atoms with Crippen molar-refractivity contribution < 1.29 is 0 Å². The molecule has 1 unspecified atom stereocenters. The van der Waals surface area contributed by atoms with Crippen LogP contribution in [0.1, 0.15) is 17.2 Å². The van der Waals surface area contributed by atoms with Gasteiger partial charge in [0.05, 0.1) is 12.2 Å². The predicted octanol–water partition coefficient (Wildman–Crippen LogP) is 2.69. The molecule has 1 fully saturated rings. The molecule has 0 amide bonds. The number of nitrogens with zero attached hydrogens (tertiary/aromatic N) is 6. The minimum absolute atomic E-state index is 0. The lowest BCUT2D eigenvalue weighted by molar-refractivity contribution is 0.171. The molecule has 7 nitrogen and oxygen atoms in total. The Morgan fingerprint density at radius 3 is 2.40 bits per heavy atom. The number of benzene rings is 1. The summed E-state index contributed by atoms with van der Waals surface area (Å²) in [4.78, 5) is 11.5. The first-order valence-electron chi connectivity index (χ1n) is 10.0. The van der Waals surface area contributed by atoms with Crippen molar-refractivity contribution in [2.45, 2.75) is 12.6 Å². The Morgan fingerprint density at radius 1 is 1.20 bits per heavy atom. The van der Waals surface area contributed by atoms with Gasteiger partial charge in [0.25, 0.3) is 0 Å². The van der Waals surface area contributed by atoms with Crippen LogP contribution in [-0.2, 0) is 13.6 Å². The van der Waals surface area contributed by atoms with Crippen LogP contribution < -0.4 is 5.32 Å². The first-order valence-corrected chi connectivity index (χ1v) is 10.4. The van der Waals surface area contributed by atoms with Gasteiger partial charge in [-0.3, -0.25) is 14.6 Å². The molecule has 2 aromatic rings. The molecular weight excluding hydrogens is 513 g/mol. The maximum Gasteiger partial charge on any atom is 0.193 e. The molecule has 0 radical (unpaired) electrons. The molecule has 9 heteroatoms. The first-order chi connectivity index (χ1) is 14.0. The van der Waals surface area contributed by atoms with Crippen molar-refractivity contribution in [1.29, 1.82) is 0 Å². The molecule has 1 saturated heterocycles. The highest BCUT2D eigenvalue weighted by Crippen LogP contribution is 2.17. The van der Waals surface area contributed by atoms with E-state index in [1.165, 1.54) is 11.1 Å². The number of hydrogen-bond acceptors (Lipinski definition) is 4. The predicted molar refractivity (Wildman–Crippen MR) is 135 cm³/mol. The van der Waals surface area contributed by atoms with Crippen LogP contribution in [0.15, 0.2) is 41.7 Å². The number of nitrogens with one attached hydrogen (secondary N) is 1. The fourth-order valence-corrected chi connectivity index (χ4v) is 3.82. The maximum absolute atomic E-state index is 5.99. The molecule has 1 aromatic heterocycles. The highest BCUT2D eigenvalue weighted by atomic mass is 127. The summed E-state index contributed by atoms with van der Waals surface area (Å²) >= 11 is 5.99. The molecule has 166 valence electrons. The van der Waals surface area contributed by atoms with E-state index in [0.29, 0.717) is 0 Å². The molecule has 1 aliphatic rings. The second kappa shape index (κ2) is 11.9. The van der Waals surface area contributed by atoms with E-state index in [0.717, 1.165) is 50.3 Å². The summed E-state index contributed by atoms with van der Waals surface area (Å²) in [6, 6.07) is 8.38. The number of likely N-dealkylation sites (N-methyl/N-ethyl adjacent to an activating group) is 1. The van der Waals surface area contributed by atoms with Crippen LogP contribution in [0.25, 0.3) is 0 Å². The van der Waals surface area contributed by atoms with Crippen LogP contribution in [0.5, 0.6) is 0 Å². The molecule has 0 bridgehead atoms. The van der Waals surface area contributed by atoms with E-state index in [-0.39, 0.29) is 30.0 Å². The van der Waals surface area contributed by atoms with Gasteiger partial charge in [-0.1, -0.05) is 23.7 Å². The van der Waals surface area contributed by atoms with Crippen LogP contribution in [-0.4, -0.2) is 84.3 Å². The third kappa shape index (κ3) is 6.83. The summed E-state index contributed by atoms with van der Waals surface area (Å²) in [6.45, 7) is 5.71. The molecule has 3 rings (SSSR count). The minimum atomic E-state index is 0. The third-order valence-corrected chi connectivity index (χ3v) is 5.64. The van der Waals surface area contributed by atoms with Crippen molar-refractivity contribution in [3.8, 4) is 0 Å². The van der Waals surface area contributed by atoms with Crippen LogP contribution in [0, 0.1) is 0 Å². The van der Waals surface area contributed by atoms with Gasteiger partial charge in [0, 0.05) is 70.1 Å². The minimum Gasteiger partial charge on any atom is -0.354 e. The SMILES string of the molecule is CN=C(NCC(c1cnn(C)c1)N(C)C)N1CCN(Cc2ccc(Cl)cc2)CC1.I. The number of aromatic nitrogens is 2.